The third-order valence-corrected chi connectivity index (χ3v) is 4.07. The molecule has 3 rings (SSSR count). The normalized spacial score (nSPS) is 21.2. The van der Waals surface area contributed by atoms with E-state index >= 15 is 0 Å². The first-order chi connectivity index (χ1) is 9.36. The predicted molar refractivity (Wildman–Crippen MR) is 77.7 cm³/mol. The molecule has 2 aliphatic rings. The summed E-state index contributed by atoms with van der Waals surface area (Å²) in [5.41, 5.74) is 1.15. The van der Waals surface area contributed by atoms with Crippen LogP contribution < -0.4 is 10.2 Å². The van der Waals surface area contributed by atoms with Crippen LogP contribution in [0.5, 0.6) is 0 Å². The Morgan fingerprint density at radius 1 is 1.37 bits per heavy atom. The SMILES string of the molecule is CCC(Nc1ccc(N2CCOCC2)nc1)C1CC1. The van der Waals surface area contributed by atoms with Gasteiger partial charge in [-0.15, -0.1) is 0 Å². The number of pyridine rings is 1. The van der Waals surface area contributed by atoms with Crippen molar-refractivity contribution in [1.29, 1.82) is 0 Å². The molecule has 1 aliphatic heterocycles. The molecule has 1 aromatic heterocycles. The van der Waals surface area contributed by atoms with E-state index in [4.69, 9.17) is 4.74 Å². The summed E-state index contributed by atoms with van der Waals surface area (Å²) >= 11 is 0. The molecular weight excluding hydrogens is 238 g/mol. The highest BCUT2D eigenvalue weighted by Crippen LogP contribution is 2.35. The Hall–Kier alpha value is -1.29. The van der Waals surface area contributed by atoms with E-state index in [0.29, 0.717) is 6.04 Å². The molecule has 1 saturated heterocycles. The van der Waals surface area contributed by atoms with Gasteiger partial charge in [-0.3, -0.25) is 0 Å². The fourth-order valence-electron chi connectivity index (χ4n) is 2.72. The second kappa shape index (κ2) is 5.78. The molecule has 1 saturated carbocycles. The number of hydrogen-bond acceptors (Lipinski definition) is 4. The summed E-state index contributed by atoms with van der Waals surface area (Å²) in [7, 11) is 0. The van der Waals surface area contributed by atoms with Crippen molar-refractivity contribution in [2.24, 2.45) is 5.92 Å². The number of ether oxygens (including phenoxy) is 1. The molecule has 1 unspecified atom stereocenters. The molecule has 0 amide bonds. The number of anilines is 2. The second-order valence-corrected chi connectivity index (χ2v) is 5.50. The third-order valence-electron chi connectivity index (χ3n) is 4.07. The van der Waals surface area contributed by atoms with Gasteiger partial charge in [-0.25, -0.2) is 4.98 Å². The summed E-state index contributed by atoms with van der Waals surface area (Å²) in [5.74, 6) is 1.94. The molecule has 4 heteroatoms. The van der Waals surface area contributed by atoms with Gasteiger partial charge in [0.05, 0.1) is 25.1 Å². The average Bonchev–Trinajstić information content (AvgIpc) is 3.31. The molecule has 1 aromatic rings. The van der Waals surface area contributed by atoms with Gasteiger partial charge in [0.15, 0.2) is 0 Å². The maximum Gasteiger partial charge on any atom is 0.128 e. The van der Waals surface area contributed by atoms with Crippen LogP contribution in [0.3, 0.4) is 0 Å². The monoisotopic (exact) mass is 261 g/mol. The zero-order valence-corrected chi connectivity index (χ0v) is 11.6. The lowest BCUT2D eigenvalue weighted by Gasteiger charge is -2.28. The third kappa shape index (κ3) is 3.18. The zero-order valence-electron chi connectivity index (χ0n) is 11.6. The highest BCUT2D eigenvalue weighted by molar-refractivity contribution is 5.49. The van der Waals surface area contributed by atoms with Gasteiger partial charge in [-0.05, 0) is 37.3 Å². The molecule has 104 valence electrons. The van der Waals surface area contributed by atoms with Crippen LogP contribution in [0, 0.1) is 5.92 Å². The van der Waals surface area contributed by atoms with Crippen molar-refractivity contribution in [3.05, 3.63) is 18.3 Å². The van der Waals surface area contributed by atoms with Crippen molar-refractivity contribution in [3.63, 3.8) is 0 Å². The van der Waals surface area contributed by atoms with Crippen LogP contribution >= 0.6 is 0 Å². The summed E-state index contributed by atoms with van der Waals surface area (Å²) < 4.78 is 5.36. The fourth-order valence-corrected chi connectivity index (χ4v) is 2.72. The Kier molecular flexibility index (Phi) is 3.87. The molecule has 2 heterocycles. The van der Waals surface area contributed by atoms with Gasteiger partial charge >= 0.3 is 0 Å². The van der Waals surface area contributed by atoms with Gasteiger partial charge in [0, 0.05) is 19.1 Å². The van der Waals surface area contributed by atoms with Crippen molar-refractivity contribution < 1.29 is 4.74 Å². The number of nitrogens with zero attached hydrogens (tertiary/aromatic N) is 2. The van der Waals surface area contributed by atoms with E-state index in [1.165, 1.54) is 19.3 Å². The number of morpholine rings is 1. The fraction of sp³-hybridized carbons (Fsp3) is 0.667. The van der Waals surface area contributed by atoms with E-state index < -0.39 is 0 Å². The van der Waals surface area contributed by atoms with E-state index in [0.717, 1.165) is 43.7 Å². The first kappa shape index (κ1) is 12.7. The number of hydrogen-bond donors (Lipinski definition) is 1. The van der Waals surface area contributed by atoms with Crippen molar-refractivity contribution in [2.45, 2.75) is 32.2 Å². The molecule has 2 fully saturated rings. The van der Waals surface area contributed by atoms with E-state index in [1.807, 2.05) is 6.20 Å². The zero-order chi connectivity index (χ0) is 13.1. The molecule has 1 aliphatic carbocycles. The smallest absolute Gasteiger partial charge is 0.128 e. The first-order valence-electron chi connectivity index (χ1n) is 7.42. The summed E-state index contributed by atoms with van der Waals surface area (Å²) in [6.45, 7) is 5.76. The van der Waals surface area contributed by atoms with E-state index in [2.05, 4.69) is 34.3 Å². The van der Waals surface area contributed by atoms with Gasteiger partial charge in [0.1, 0.15) is 5.82 Å². The molecule has 0 spiro atoms. The van der Waals surface area contributed by atoms with Gasteiger partial charge in [0.25, 0.3) is 0 Å². The van der Waals surface area contributed by atoms with Crippen molar-refractivity contribution in [1.82, 2.24) is 4.98 Å². The number of nitrogens with one attached hydrogen (secondary N) is 1. The Morgan fingerprint density at radius 3 is 2.74 bits per heavy atom. The highest BCUT2D eigenvalue weighted by atomic mass is 16.5. The van der Waals surface area contributed by atoms with Crippen molar-refractivity contribution in [2.75, 3.05) is 36.5 Å². The lowest BCUT2D eigenvalue weighted by Crippen LogP contribution is -2.36. The second-order valence-electron chi connectivity index (χ2n) is 5.50. The summed E-state index contributed by atoms with van der Waals surface area (Å²) in [6.07, 6.45) is 5.92. The maximum absolute atomic E-state index is 5.36. The predicted octanol–water partition coefficient (Wildman–Crippen LogP) is 2.52. The summed E-state index contributed by atoms with van der Waals surface area (Å²) in [6, 6.07) is 4.90. The number of rotatable bonds is 5. The minimum Gasteiger partial charge on any atom is -0.381 e. The lowest BCUT2D eigenvalue weighted by atomic mass is 10.1. The van der Waals surface area contributed by atoms with Crippen LogP contribution in [0.1, 0.15) is 26.2 Å². The Bertz CT molecular complexity index is 396. The maximum atomic E-state index is 5.36. The van der Waals surface area contributed by atoms with Gasteiger partial charge in [-0.1, -0.05) is 6.92 Å². The Labute approximate surface area is 115 Å². The standard InChI is InChI=1S/C15H23N3O/c1-2-14(12-3-4-12)17-13-5-6-15(16-11-13)18-7-9-19-10-8-18/h5-6,11-12,14,17H,2-4,7-10H2,1H3. The highest BCUT2D eigenvalue weighted by Gasteiger charge is 2.29. The van der Waals surface area contributed by atoms with Crippen LogP contribution in [0.15, 0.2) is 18.3 Å². The van der Waals surface area contributed by atoms with Crippen LogP contribution in [-0.2, 0) is 4.74 Å². The molecule has 19 heavy (non-hydrogen) atoms. The molecular formula is C15H23N3O. The van der Waals surface area contributed by atoms with Gasteiger partial charge in [0.2, 0.25) is 0 Å². The van der Waals surface area contributed by atoms with Crippen LogP contribution in [0.2, 0.25) is 0 Å². The summed E-state index contributed by atoms with van der Waals surface area (Å²) in [5, 5.41) is 3.62. The van der Waals surface area contributed by atoms with E-state index in [-0.39, 0.29) is 0 Å². The molecule has 1 N–H and O–H groups in total. The van der Waals surface area contributed by atoms with Crippen molar-refractivity contribution in [3.8, 4) is 0 Å². The van der Waals surface area contributed by atoms with Gasteiger partial charge < -0.3 is 15.0 Å². The Balaban J connectivity index is 1.61. The molecule has 0 aromatic carbocycles. The topological polar surface area (TPSA) is 37.4 Å². The molecule has 0 bridgehead atoms. The minimum atomic E-state index is 0.621. The first-order valence-corrected chi connectivity index (χ1v) is 7.42. The average molecular weight is 261 g/mol. The molecule has 4 nitrogen and oxygen atoms in total. The van der Waals surface area contributed by atoms with Crippen LogP contribution in [-0.4, -0.2) is 37.3 Å². The van der Waals surface area contributed by atoms with Crippen LogP contribution in [0.4, 0.5) is 11.5 Å². The summed E-state index contributed by atoms with van der Waals surface area (Å²) in [4.78, 5) is 6.86. The van der Waals surface area contributed by atoms with E-state index in [9.17, 15) is 0 Å². The number of aromatic nitrogens is 1. The van der Waals surface area contributed by atoms with Crippen molar-refractivity contribution >= 4 is 11.5 Å². The van der Waals surface area contributed by atoms with E-state index in [1.54, 1.807) is 0 Å². The van der Waals surface area contributed by atoms with Crippen LogP contribution in [0.25, 0.3) is 0 Å². The molecule has 0 radical (unpaired) electrons. The Morgan fingerprint density at radius 2 is 2.16 bits per heavy atom. The molecule has 1 atom stereocenters. The lowest BCUT2D eigenvalue weighted by molar-refractivity contribution is 0.122. The quantitative estimate of drug-likeness (QED) is 0.884. The van der Waals surface area contributed by atoms with Gasteiger partial charge in [-0.2, -0.15) is 0 Å². The largest absolute Gasteiger partial charge is 0.381 e. The minimum absolute atomic E-state index is 0.621.